The van der Waals surface area contributed by atoms with Crippen LogP contribution in [0, 0.1) is 0 Å². The highest BCUT2D eigenvalue weighted by Crippen LogP contribution is 2.24. The van der Waals surface area contributed by atoms with Crippen LogP contribution in [0.5, 0.6) is 0 Å². The molecule has 25 heavy (non-hydrogen) atoms. The molecule has 6 nitrogen and oxygen atoms in total. The smallest absolute Gasteiger partial charge is 0.135 e. The van der Waals surface area contributed by atoms with Crippen molar-refractivity contribution in [3.63, 3.8) is 0 Å². The number of nitrogens with one attached hydrogen (secondary N) is 2. The molecule has 3 heterocycles. The van der Waals surface area contributed by atoms with Crippen molar-refractivity contribution in [3.05, 3.63) is 79.0 Å². The van der Waals surface area contributed by atoms with Crippen LogP contribution in [-0.4, -0.2) is 19.9 Å². The molecule has 4 rings (SSSR count). The predicted octanol–water partition coefficient (Wildman–Crippen LogP) is 3.78. The van der Waals surface area contributed by atoms with E-state index in [4.69, 9.17) is 0 Å². The van der Waals surface area contributed by atoms with Gasteiger partial charge in [-0.2, -0.15) is 0 Å². The molecule has 0 aliphatic rings. The summed E-state index contributed by atoms with van der Waals surface area (Å²) in [5.74, 6) is 1.47. The Hall–Kier alpha value is -3.54. The first-order valence-electron chi connectivity index (χ1n) is 7.94. The maximum atomic E-state index is 4.45. The van der Waals surface area contributed by atoms with Crippen LogP contribution in [-0.2, 0) is 6.54 Å². The minimum absolute atomic E-state index is 0.675. The largest absolute Gasteiger partial charge is 0.366 e. The van der Waals surface area contributed by atoms with Gasteiger partial charge >= 0.3 is 0 Å². The molecule has 0 amide bonds. The third-order valence-electron chi connectivity index (χ3n) is 3.79. The zero-order chi connectivity index (χ0) is 16.9. The number of hydrogen-bond donors (Lipinski definition) is 2. The second-order valence-corrected chi connectivity index (χ2v) is 5.50. The molecule has 122 valence electrons. The first kappa shape index (κ1) is 15.0. The molecule has 0 spiro atoms. The Morgan fingerprint density at radius 2 is 1.64 bits per heavy atom. The van der Waals surface area contributed by atoms with E-state index in [0.29, 0.717) is 12.4 Å². The van der Waals surface area contributed by atoms with Crippen LogP contribution in [0.1, 0.15) is 5.56 Å². The van der Waals surface area contributed by atoms with E-state index in [1.807, 2.05) is 48.5 Å². The summed E-state index contributed by atoms with van der Waals surface area (Å²) in [6.07, 6.45) is 6.87. The van der Waals surface area contributed by atoms with Gasteiger partial charge in [-0.1, -0.05) is 18.2 Å². The topological polar surface area (TPSA) is 75.6 Å². The minimum atomic E-state index is 0.675. The van der Waals surface area contributed by atoms with Crippen molar-refractivity contribution in [2.24, 2.45) is 0 Å². The van der Waals surface area contributed by atoms with Gasteiger partial charge in [0.15, 0.2) is 0 Å². The minimum Gasteiger partial charge on any atom is -0.366 e. The number of hydrogen-bond acceptors (Lipinski definition) is 6. The fraction of sp³-hybridized carbons (Fsp3) is 0.0526. The van der Waals surface area contributed by atoms with Gasteiger partial charge in [0.1, 0.15) is 18.0 Å². The molecule has 6 heteroatoms. The van der Waals surface area contributed by atoms with Crippen LogP contribution in [0.25, 0.3) is 10.9 Å². The lowest BCUT2D eigenvalue weighted by molar-refractivity contribution is 1.07. The molecule has 0 saturated carbocycles. The van der Waals surface area contributed by atoms with Gasteiger partial charge in [-0.25, -0.2) is 9.97 Å². The fourth-order valence-electron chi connectivity index (χ4n) is 2.56. The zero-order valence-electron chi connectivity index (χ0n) is 13.4. The average Bonchev–Trinajstić information content (AvgIpc) is 2.68. The van der Waals surface area contributed by atoms with Gasteiger partial charge in [0.05, 0.1) is 11.2 Å². The summed E-state index contributed by atoms with van der Waals surface area (Å²) in [6, 6.07) is 15.8. The molecule has 0 bridgehead atoms. The van der Waals surface area contributed by atoms with E-state index in [2.05, 4.69) is 30.6 Å². The predicted molar refractivity (Wildman–Crippen MR) is 98.6 cm³/mol. The molecular weight excluding hydrogens is 312 g/mol. The first-order chi connectivity index (χ1) is 12.4. The van der Waals surface area contributed by atoms with Gasteiger partial charge in [0.25, 0.3) is 0 Å². The zero-order valence-corrected chi connectivity index (χ0v) is 13.4. The Bertz CT molecular complexity index is 982. The number of pyridine rings is 2. The lowest BCUT2D eigenvalue weighted by Gasteiger charge is -2.10. The Kier molecular flexibility index (Phi) is 4.16. The maximum absolute atomic E-state index is 4.45. The van der Waals surface area contributed by atoms with Crippen LogP contribution in [0.3, 0.4) is 0 Å². The summed E-state index contributed by atoms with van der Waals surface area (Å²) in [5, 5.41) is 7.69. The quantitative estimate of drug-likeness (QED) is 0.581. The summed E-state index contributed by atoms with van der Waals surface area (Å²) in [6.45, 7) is 0.675. The SMILES string of the molecule is c1cnc2c(Nc3cc(NCc4ccncc4)ncn3)cccc2c1. The van der Waals surface area contributed by atoms with Crippen molar-refractivity contribution in [2.75, 3.05) is 10.6 Å². The molecule has 1 aromatic carbocycles. The molecule has 0 fully saturated rings. The highest BCUT2D eigenvalue weighted by Gasteiger charge is 2.04. The van der Waals surface area contributed by atoms with Gasteiger partial charge in [-0.15, -0.1) is 0 Å². The van der Waals surface area contributed by atoms with E-state index in [1.165, 1.54) is 6.33 Å². The summed E-state index contributed by atoms with van der Waals surface area (Å²) in [7, 11) is 0. The van der Waals surface area contributed by atoms with E-state index in [0.717, 1.165) is 28.0 Å². The van der Waals surface area contributed by atoms with Gasteiger partial charge in [-0.05, 0) is 29.8 Å². The molecule has 4 aromatic rings. The molecule has 0 aliphatic heterocycles. The Morgan fingerprint density at radius 1 is 0.800 bits per heavy atom. The third-order valence-corrected chi connectivity index (χ3v) is 3.79. The first-order valence-corrected chi connectivity index (χ1v) is 7.94. The monoisotopic (exact) mass is 328 g/mol. The second-order valence-electron chi connectivity index (χ2n) is 5.50. The number of nitrogens with zero attached hydrogens (tertiary/aromatic N) is 4. The normalized spacial score (nSPS) is 10.6. The summed E-state index contributed by atoms with van der Waals surface area (Å²) in [5.41, 5.74) is 2.97. The van der Waals surface area contributed by atoms with Crippen LogP contribution in [0.4, 0.5) is 17.3 Å². The van der Waals surface area contributed by atoms with Crippen molar-refractivity contribution in [1.82, 2.24) is 19.9 Å². The van der Waals surface area contributed by atoms with Crippen molar-refractivity contribution < 1.29 is 0 Å². The number of rotatable bonds is 5. The number of fused-ring (bicyclic) bond motifs is 1. The van der Waals surface area contributed by atoms with Crippen LogP contribution < -0.4 is 10.6 Å². The highest BCUT2D eigenvalue weighted by atomic mass is 15.1. The molecule has 0 saturated heterocycles. The highest BCUT2D eigenvalue weighted by molar-refractivity contribution is 5.91. The molecular formula is C19H16N6. The van der Waals surface area contributed by atoms with Gasteiger partial charge in [0.2, 0.25) is 0 Å². The number of para-hydroxylation sites is 1. The van der Waals surface area contributed by atoms with Gasteiger partial charge in [0, 0.05) is 36.6 Å². The Balaban J connectivity index is 1.53. The molecule has 0 unspecified atom stereocenters. The summed E-state index contributed by atoms with van der Waals surface area (Å²) >= 11 is 0. The van der Waals surface area contributed by atoms with Gasteiger partial charge < -0.3 is 10.6 Å². The van der Waals surface area contributed by atoms with E-state index >= 15 is 0 Å². The lowest BCUT2D eigenvalue weighted by Crippen LogP contribution is -2.03. The maximum Gasteiger partial charge on any atom is 0.135 e. The van der Waals surface area contributed by atoms with Crippen molar-refractivity contribution in [1.29, 1.82) is 0 Å². The van der Waals surface area contributed by atoms with Crippen molar-refractivity contribution in [2.45, 2.75) is 6.54 Å². The van der Waals surface area contributed by atoms with Crippen molar-refractivity contribution in [3.8, 4) is 0 Å². The van der Waals surface area contributed by atoms with Crippen molar-refractivity contribution >= 4 is 28.2 Å². The molecule has 0 aliphatic carbocycles. The van der Waals surface area contributed by atoms with Crippen LogP contribution in [0.2, 0.25) is 0 Å². The third kappa shape index (κ3) is 3.53. The molecule has 2 N–H and O–H groups in total. The van der Waals surface area contributed by atoms with Crippen LogP contribution >= 0.6 is 0 Å². The number of aromatic nitrogens is 4. The number of benzene rings is 1. The van der Waals surface area contributed by atoms with E-state index in [1.54, 1.807) is 18.6 Å². The van der Waals surface area contributed by atoms with Crippen LogP contribution in [0.15, 0.2) is 73.4 Å². The van der Waals surface area contributed by atoms with E-state index in [-0.39, 0.29) is 0 Å². The second kappa shape index (κ2) is 6.92. The van der Waals surface area contributed by atoms with E-state index < -0.39 is 0 Å². The number of anilines is 3. The summed E-state index contributed by atoms with van der Waals surface area (Å²) in [4.78, 5) is 17.0. The lowest BCUT2D eigenvalue weighted by atomic mass is 10.2. The average molecular weight is 328 g/mol. The molecule has 3 aromatic heterocycles. The standard InChI is InChI=1S/C19H16N6/c1-3-15-4-2-8-21-19(15)16(5-1)25-18-11-17(23-13-24-18)22-12-14-6-9-20-10-7-14/h1-11,13H,12H2,(H2,22,23,24,25). The van der Waals surface area contributed by atoms with E-state index in [9.17, 15) is 0 Å². The van der Waals surface area contributed by atoms with Gasteiger partial charge in [-0.3, -0.25) is 9.97 Å². The fourth-order valence-corrected chi connectivity index (χ4v) is 2.56. The summed E-state index contributed by atoms with van der Waals surface area (Å²) < 4.78 is 0. The molecule has 0 radical (unpaired) electrons. The Labute approximate surface area is 145 Å². The molecule has 0 atom stereocenters. The Morgan fingerprint density at radius 3 is 2.56 bits per heavy atom.